The van der Waals surface area contributed by atoms with Gasteiger partial charge in [-0.2, -0.15) is 0 Å². The third kappa shape index (κ3) is 6.67. The molecule has 6 nitrogen and oxygen atoms in total. The molecule has 0 aliphatic heterocycles. The number of guanidine groups is 1. The molecular formula is C10H21IN4O2. The van der Waals surface area contributed by atoms with Crippen molar-refractivity contribution in [1.82, 2.24) is 10.2 Å². The Kier molecular flexibility index (Phi) is 8.23. The average molecular weight is 356 g/mol. The molecule has 0 aromatic carbocycles. The van der Waals surface area contributed by atoms with Gasteiger partial charge in [0.1, 0.15) is 6.54 Å². The Hall–Kier alpha value is -0.570. The average Bonchev–Trinajstić information content (AvgIpc) is 3.09. The SMILES string of the molecule is COCCNC(=O)CN=C(N)N(C)C1CC1.I. The van der Waals surface area contributed by atoms with Gasteiger partial charge in [0.25, 0.3) is 0 Å². The third-order valence-corrected chi connectivity index (χ3v) is 2.47. The van der Waals surface area contributed by atoms with Gasteiger partial charge in [-0.15, -0.1) is 24.0 Å². The lowest BCUT2D eigenvalue weighted by molar-refractivity contribution is -0.119. The van der Waals surface area contributed by atoms with Crippen molar-refractivity contribution in [3.63, 3.8) is 0 Å². The second-order valence-electron chi connectivity index (χ2n) is 3.86. The minimum absolute atomic E-state index is 0. The summed E-state index contributed by atoms with van der Waals surface area (Å²) in [4.78, 5) is 17.2. The molecule has 0 spiro atoms. The van der Waals surface area contributed by atoms with Crippen LogP contribution in [0.5, 0.6) is 0 Å². The topological polar surface area (TPSA) is 79.9 Å². The minimum Gasteiger partial charge on any atom is -0.383 e. The Morgan fingerprint density at radius 2 is 2.24 bits per heavy atom. The first kappa shape index (κ1) is 16.4. The van der Waals surface area contributed by atoms with Gasteiger partial charge in [-0.3, -0.25) is 4.79 Å². The van der Waals surface area contributed by atoms with Gasteiger partial charge in [0.05, 0.1) is 6.61 Å². The van der Waals surface area contributed by atoms with E-state index in [0.29, 0.717) is 25.2 Å². The predicted octanol–water partition coefficient (Wildman–Crippen LogP) is -0.224. The number of ether oxygens (including phenoxy) is 1. The van der Waals surface area contributed by atoms with Crippen LogP contribution in [-0.4, -0.2) is 56.7 Å². The standard InChI is InChI=1S/C10H20N4O2.HI/c1-14(8-3-4-8)10(11)13-7-9(15)12-5-6-16-2;/h8H,3-7H2,1-2H3,(H2,11,13)(H,12,15);1H. The summed E-state index contributed by atoms with van der Waals surface area (Å²) < 4.78 is 4.81. The van der Waals surface area contributed by atoms with Crippen LogP contribution < -0.4 is 11.1 Å². The highest BCUT2D eigenvalue weighted by molar-refractivity contribution is 14.0. The molecule has 0 unspecified atom stereocenters. The summed E-state index contributed by atoms with van der Waals surface area (Å²) in [5.74, 6) is 0.300. The molecule has 0 heterocycles. The van der Waals surface area contributed by atoms with Crippen molar-refractivity contribution in [2.24, 2.45) is 10.7 Å². The number of hydrogen-bond donors (Lipinski definition) is 2. The van der Waals surface area contributed by atoms with Crippen molar-refractivity contribution in [2.75, 3.05) is 33.9 Å². The number of nitrogens with two attached hydrogens (primary N) is 1. The van der Waals surface area contributed by atoms with E-state index in [1.165, 1.54) is 0 Å². The number of hydrogen-bond acceptors (Lipinski definition) is 3. The molecule has 0 aromatic rings. The lowest BCUT2D eigenvalue weighted by Gasteiger charge is -2.16. The first-order valence-electron chi connectivity index (χ1n) is 5.43. The van der Waals surface area contributed by atoms with Crippen LogP contribution in [0.1, 0.15) is 12.8 Å². The summed E-state index contributed by atoms with van der Waals surface area (Å²) in [6.45, 7) is 1.09. The number of carbonyl (C=O) groups excluding carboxylic acids is 1. The Morgan fingerprint density at radius 3 is 2.76 bits per heavy atom. The number of halogens is 1. The molecule has 1 fully saturated rings. The second-order valence-corrected chi connectivity index (χ2v) is 3.86. The molecule has 3 N–H and O–H groups in total. The minimum atomic E-state index is -0.135. The van der Waals surface area contributed by atoms with Crippen LogP contribution in [0, 0.1) is 0 Å². The van der Waals surface area contributed by atoms with Crippen molar-refractivity contribution in [2.45, 2.75) is 18.9 Å². The summed E-state index contributed by atoms with van der Waals surface area (Å²) in [5, 5.41) is 2.68. The summed E-state index contributed by atoms with van der Waals surface area (Å²) in [6.07, 6.45) is 2.32. The van der Waals surface area contributed by atoms with Crippen LogP contribution in [0.4, 0.5) is 0 Å². The largest absolute Gasteiger partial charge is 0.383 e. The maximum absolute atomic E-state index is 11.3. The molecule has 1 aliphatic carbocycles. The monoisotopic (exact) mass is 356 g/mol. The molecule has 0 bridgehead atoms. The van der Waals surface area contributed by atoms with Gasteiger partial charge in [-0.05, 0) is 12.8 Å². The number of rotatable bonds is 6. The van der Waals surface area contributed by atoms with Gasteiger partial charge in [0.15, 0.2) is 5.96 Å². The van der Waals surface area contributed by atoms with E-state index in [-0.39, 0.29) is 36.4 Å². The zero-order chi connectivity index (χ0) is 12.0. The Balaban J connectivity index is 0.00000256. The molecule has 100 valence electrons. The molecule has 0 saturated heterocycles. The van der Waals surface area contributed by atoms with Crippen LogP contribution >= 0.6 is 24.0 Å². The maximum Gasteiger partial charge on any atom is 0.241 e. The molecular weight excluding hydrogens is 335 g/mol. The van der Waals surface area contributed by atoms with Crippen LogP contribution in [0.2, 0.25) is 0 Å². The van der Waals surface area contributed by atoms with Crippen LogP contribution in [0.15, 0.2) is 4.99 Å². The van der Waals surface area contributed by atoms with E-state index in [2.05, 4.69) is 10.3 Å². The Bertz CT molecular complexity index is 269. The third-order valence-electron chi connectivity index (χ3n) is 2.47. The van der Waals surface area contributed by atoms with Gasteiger partial charge < -0.3 is 20.7 Å². The van der Waals surface area contributed by atoms with Crippen LogP contribution in [0.3, 0.4) is 0 Å². The van der Waals surface area contributed by atoms with Gasteiger partial charge in [-0.1, -0.05) is 0 Å². The van der Waals surface area contributed by atoms with E-state index >= 15 is 0 Å². The molecule has 0 atom stereocenters. The second kappa shape index (κ2) is 8.51. The summed E-state index contributed by atoms with van der Waals surface area (Å²) in [7, 11) is 3.49. The molecule has 0 radical (unpaired) electrons. The lowest BCUT2D eigenvalue weighted by atomic mass is 10.5. The molecule has 17 heavy (non-hydrogen) atoms. The number of aliphatic imine (C=N–C) groups is 1. The first-order chi connectivity index (χ1) is 7.65. The zero-order valence-corrected chi connectivity index (χ0v) is 12.6. The lowest BCUT2D eigenvalue weighted by Crippen LogP contribution is -2.37. The number of amides is 1. The molecule has 1 saturated carbocycles. The first-order valence-corrected chi connectivity index (χ1v) is 5.43. The molecule has 1 amide bonds. The molecule has 0 aromatic heterocycles. The van der Waals surface area contributed by atoms with Gasteiger partial charge >= 0.3 is 0 Å². The highest BCUT2D eigenvalue weighted by Crippen LogP contribution is 2.24. The van der Waals surface area contributed by atoms with E-state index in [1.54, 1.807) is 7.11 Å². The molecule has 1 aliphatic rings. The summed E-state index contributed by atoms with van der Waals surface area (Å²) in [5.41, 5.74) is 5.73. The fourth-order valence-electron chi connectivity index (χ4n) is 1.26. The summed E-state index contributed by atoms with van der Waals surface area (Å²) >= 11 is 0. The predicted molar refractivity (Wildman–Crippen MR) is 77.6 cm³/mol. The zero-order valence-electron chi connectivity index (χ0n) is 10.3. The Labute approximate surface area is 119 Å². The van der Waals surface area contributed by atoms with E-state index in [4.69, 9.17) is 10.5 Å². The van der Waals surface area contributed by atoms with Crippen molar-refractivity contribution in [3.8, 4) is 0 Å². The van der Waals surface area contributed by atoms with Crippen molar-refractivity contribution >= 4 is 35.8 Å². The van der Waals surface area contributed by atoms with E-state index in [0.717, 1.165) is 12.8 Å². The van der Waals surface area contributed by atoms with Crippen molar-refractivity contribution < 1.29 is 9.53 Å². The van der Waals surface area contributed by atoms with Gasteiger partial charge in [0.2, 0.25) is 5.91 Å². The number of nitrogens with one attached hydrogen (secondary N) is 1. The maximum atomic E-state index is 11.3. The fraction of sp³-hybridized carbons (Fsp3) is 0.800. The normalized spacial score (nSPS) is 15.1. The molecule has 7 heteroatoms. The fourth-order valence-corrected chi connectivity index (χ4v) is 1.26. The van der Waals surface area contributed by atoms with Gasteiger partial charge in [0, 0.05) is 26.7 Å². The van der Waals surface area contributed by atoms with E-state index < -0.39 is 0 Å². The smallest absolute Gasteiger partial charge is 0.241 e. The van der Waals surface area contributed by atoms with Crippen LogP contribution in [0.25, 0.3) is 0 Å². The number of nitrogens with zero attached hydrogens (tertiary/aromatic N) is 2. The van der Waals surface area contributed by atoms with Crippen molar-refractivity contribution in [1.29, 1.82) is 0 Å². The van der Waals surface area contributed by atoms with E-state index in [9.17, 15) is 4.79 Å². The van der Waals surface area contributed by atoms with Crippen LogP contribution in [-0.2, 0) is 9.53 Å². The quantitative estimate of drug-likeness (QED) is 0.298. The van der Waals surface area contributed by atoms with Gasteiger partial charge in [-0.25, -0.2) is 4.99 Å². The summed E-state index contributed by atoms with van der Waals surface area (Å²) in [6, 6.07) is 0.514. The molecule has 1 rings (SSSR count). The van der Waals surface area contributed by atoms with E-state index in [1.807, 2.05) is 11.9 Å². The van der Waals surface area contributed by atoms with Crippen molar-refractivity contribution in [3.05, 3.63) is 0 Å². The Morgan fingerprint density at radius 1 is 1.59 bits per heavy atom. The number of carbonyl (C=O) groups is 1. The highest BCUT2D eigenvalue weighted by Gasteiger charge is 2.27. The number of methoxy groups -OCH3 is 1. The highest BCUT2D eigenvalue weighted by atomic mass is 127.